The van der Waals surface area contributed by atoms with Crippen molar-refractivity contribution in [2.45, 2.75) is 26.2 Å². The molecule has 1 amide bonds. The fourth-order valence-corrected chi connectivity index (χ4v) is 2.52. The van der Waals surface area contributed by atoms with E-state index in [4.69, 9.17) is 5.73 Å². The van der Waals surface area contributed by atoms with Crippen molar-refractivity contribution in [3.63, 3.8) is 0 Å². The Labute approximate surface area is 116 Å². The van der Waals surface area contributed by atoms with Crippen LogP contribution in [0.15, 0.2) is 17.5 Å². The molecule has 0 aliphatic carbocycles. The highest BCUT2D eigenvalue weighted by Gasteiger charge is 2.18. The van der Waals surface area contributed by atoms with Crippen molar-refractivity contribution < 1.29 is 4.79 Å². The molecule has 0 atom stereocenters. The predicted molar refractivity (Wildman–Crippen MR) is 77.4 cm³/mol. The number of carbonyl (C=O) groups is 1. The molecule has 0 unspecified atom stereocenters. The van der Waals surface area contributed by atoms with Crippen LogP contribution in [0.5, 0.6) is 0 Å². The topological polar surface area (TPSA) is 83.8 Å². The van der Waals surface area contributed by atoms with Gasteiger partial charge in [0.1, 0.15) is 0 Å². The lowest BCUT2D eigenvalue weighted by molar-refractivity contribution is 0.0950. The highest BCUT2D eigenvalue weighted by atomic mass is 32.1. The van der Waals surface area contributed by atoms with Crippen molar-refractivity contribution >= 4 is 22.9 Å². The Balaban J connectivity index is 1.93. The molecule has 0 aliphatic heterocycles. The zero-order chi connectivity index (χ0) is 13.8. The summed E-state index contributed by atoms with van der Waals surface area (Å²) in [6, 6.07) is 4.05. The number of nitrogens with one attached hydrogen (secondary N) is 2. The number of nitrogens with two attached hydrogens (primary N) is 1. The monoisotopic (exact) mass is 278 g/mol. The Morgan fingerprint density at radius 3 is 2.95 bits per heavy atom. The number of thiophene rings is 1. The fourth-order valence-electron chi connectivity index (χ4n) is 1.82. The maximum absolute atomic E-state index is 12.0. The van der Waals surface area contributed by atoms with Gasteiger partial charge in [-0.1, -0.05) is 19.9 Å². The quantitative estimate of drug-likeness (QED) is 0.783. The van der Waals surface area contributed by atoms with Crippen LogP contribution in [0.25, 0.3) is 0 Å². The summed E-state index contributed by atoms with van der Waals surface area (Å²) < 4.78 is 0. The first-order valence-electron chi connectivity index (χ1n) is 6.24. The number of anilines is 1. The second-order valence-electron chi connectivity index (χ2n) is 4.64. The van der Waals surface area contributed by atoms with Crippen LogP contribution < -0.4 is 11.1 Å². The van der Waals surface area contributed by atoms with E-state index in [1.165, 1.54) is 4.88 Å². The molecule has 0 aromatic carbocycles. The third-order valence-corrected chi connectivity index (χ3v) is 3.80. The van der Waals surface area contributed by atoms with Gasteiger partial charge < -0.3 is 11.1 Å². The van der Waals surface area contributed by atoms with Crippen molar-refractivity contribution in [2.75, 3.05) is 12.3 Å². The van der Waals surface area contributed by atoms with E-state index in [9.17, 15) is 4.79 Å². The average molecular weight is 278 g/mol. The lowest BCUT2D eigenvalue weighted by Crippen LogP contribution is -2.26. The number of nitrogen functional groups attached to an aromatic ring is 1. The van der Waals surface area contributed by atoms with E-state index in [0.717, 1.165) is 12.1 Å². The van der Waals surface area contributed by atoms with Crippen LogP contribution in [0.2, 0.25) is 0 Å². The van der Waals surface area contributed by atoms with Gasteiger partial charge in [0.25, 0.3) is 5.91 Å². The summed E-state index contributed by atoms with van der Waals surface area (Å²) in [5.74, 6) is -0.00243. The highest BCUT2D eigenvalue weighted by Crippen LogP contribution is 2.21. The Kier molecular flexibility index (Phi) is 4.21. The standard InChI is InChI=1S/C13H18N4OS/c1-8(2)11-10(14)12(17-16-11)13(18)15-6-5-9-4-3-7-19-9/h3-4,7-8H,5-6,14H2,1-2H3,(H,15,18)(H,16,17). The van der Waals surface area contributed by atoms with Crippen molar-refractivity contribution in [3.8, 4) is 0 Å². The van der Waals surface area contributed by atoms with Gasteiger partial charge in [0.05, 0.1) is 11.4 Å². The van der Waals surface area contributed by atoms with Crippen molar-refractivity contribution in [1.29, 1.82) is 0 Å². The molecule has 6 heteroatoms. The third-order valence-electron chi connectivity index (χ3n) is 2.86. The maximum atomic E-state index is 12.0. The first kappa shape index (κ1) is 13.6. The van der Waals surface area contributed by atoms with Crippen LogP contribution in [0, 0.1) is 0 Å². The van der Waals surface area contributed by atoms with Crippen LogP contribution >= 0.6 is 11.3 Å². The minimum atomic E-state index is -0.225. The number of hydrogen-bond acceptors (Lipinski definition) is 4. The van der Waals surface area contributed by atoms with Gasteiger partial charge in [0, 0.05) is 11.4 Å². The number of aromatic amines is 1. The summed E-state index contributed by atoms with van der Waals surface area (Å²) in [6.45, 7) is 4.59. The Morgan fingerprint density at radius 2 is 2.37 bits per heavy atom. The molecule has 19 heavy (non-hydrogen) atoms. The van der Waals surface area contributed by atoms with E-state index in [1.54, 1.807) is 11.3 Å². The normalized spacial score (nSPS) is 10.9. The number of rotatable bonds is 5. The van der Waals surface area contributed by atoms with Crippen molar-refractivity contribution in [3.05, 3.63) is 33.8 Å². The molecular weight excluding hydrogens is 260 g/mol. The number of nitrogens with zero attached hydrogens (tertiary/aromatic N) is 1. The third kappa shape index (κ3) is 3.14. The summed E-state index contributed by atoms with van der Waals surface area (Å²) >= 11 is 1.68. The van der Waals surface area contributed by atoms with Gasteiger partial charge in [0.15, 0.2) is 5.69 Å². The van der Waals surface area contributed by atoms with E-state index in [0.29, 0.717) is 12.2 Å². The number of carbonyl (C=O) groups excluding carboxylic acids is 1. The molecule has 0 saturated carbocycles. The smallest absolute Gasteiger partial charge is 0.273 e. The predicted octanol–water partition coefficient (Wildman–Crippen LogP) is 2.15. The van der Waals surface area contributed by atoms with Gasteiger partial charge in [-0.05, 0) is 23.8 Å². The Bertz CT molecular complexity index is 545. The largest absolute Gasteiger partial charge is 0.395 e. The highest BCUT2D eigenvalue weighted by molar-refractivity contribution is 7.09. The number of aromatic nitrogens is 2. The molecule has 0 fully saturated rings. The summed E-state index contributed by atoms with van der Waals surface area (Å²) in [7, 11) is 0. The van der Waals surface area contributed by atoms with Gasteiger partial charge in [0.2, 0.25) is 0 Å². The summed E-state index contributed by atoms with van der Waals surface area (Å²) in [6.07, 6.45) is 0.824. The Hall–Kier alpha value is -1.82. The fraction of sp³-hybridized carbons (Fsp3) is 0.385. The van der Waals surface area contributed by atoms with Gasteiger partial charge in [-0.3, -0.25) is 9.89 Å². The molecule has 0 bridgehead atoms. The second kappa shape index (κ2) is 5.88. The van der Waals surface area contributed by atoms with E-state index in [1.807, 2.05) is 25.3 Å². The first-order valence-corrected chi connectivity index (χ1v) is 7.12. The van der Waals surface area contributed by atoms with E-state index < -0.39 is 0 Å². The van der Waals surface area contributed by atoms with E-state index >= 15 is 0 Å². The lowest BCUT2D eigenvalue weighted by atomic mass is 10.1. The van der Waals surface area contributed by atoms with E-state index in [-0.39, 0.29) is 17.5 Å². The molecule has 102 valence electrons. The Morgan fingerprint density at radius 1 is 1.58 bits per heavy atom. The maximum Gasteiger partial charge on any atom is 0.273 e. The molecule has 2 aromatic rings. The molecule has 0 aliphatic rings. The molecular formula is C13H18N4OS. The summed E-state index contributed by atoms with van der Waals surface area (Å²) in [5.41, 5.74) is 7.46. The van der Waals surface area contributed by atoms with Gasteiger partial charge in [-0.15, -0.1) is 11.3 Å². The summed E-state index contributed by atoms with van der Waals surface area (Å²) in [5, 5.41) is 11.7. The van der Waals surface area contributed by atoms with Crippen molar-refractivity contribution in [1.82, 2.24) is 15.5 Å². The summed E-state index contributed by atoms with van der Waals surface area (Å²) in [4.78, 5) is 13.2. The van der Waals surface area contributed by atoms with Gasteiger partial charge in [-0.25, -0.2) is 0 Å². The molecule has 2 heterocycles. The van der Waals surface area contributed by atoms with Crippen LogP contribution in [-0.2, 0) is 6.42 Å². The number of hydrogen-bond donors (Lipinski definition) is 3. The first-order chi connectivity index (χ1) is 9.09. The minimum absolute atomic E-state index is 0.222. The minimum Gasteiger partial charge on any atom is -0.395 e. The van der Waals surface area contributed by atoms with Crippen LogP contribution in [0.1, 0.15) is 40.8 Å². The zero-order valence-electron chi connectivity index (χ0n) is 11.1. The van der Waals surface area contributed by atoms with Crippen LogP contribution in [-0.4, -0.2) is 22.6 Å². The molecule has 2 rings (SSSR count). The zero-order valence-corrected chi connectivity index (χ0v) is 11.9. The van der Waals surface area contributed by atoms with Crippen molar-refractivity contribution in [2.24, 2.45) is 0 Å². The molecule has 0 radical (unpaired) electrons. The van der Waals surface area contributed by atoms with Gasteiger partial charge >= 0.3 is 0 Å². The van der Waals surface area contributed by atoms with Gasteiger partial charge in [-0.2, -0.15) is 5.10 Å². The average Bonchev–Trinajstić information content (AvgIpc) is 2.98. The van der Waals surface area contributed by atoms with Crippen LogP contribution in [0.4, 0.5) is 5.69 Å². The molecule has 4 N–H and O–H groups in total. The molecule has 0 saturated heterocycles. The molecule has 2 aromatic heterocycles. The second-order valence-corrected chi connectivity index (χ2v) is 5.67. The molecule has 5 nitrogen and oxygen atoms in total. The molecule has 0 spiro atoms. The van der Waals surface area contributed by atoms with Crippen LogP contribution in [0.3, 0.4) is 0 Å². The lowest BCUT2D eigenvalue weighted by Gasteiger charge is -2.04. The van der Waals surface area contributed by atoms with E-state index in [2.05, 4.69) is 21.6 Å². The SMILES string of the molecule is CC(C)c1[nH]nc(C(=O)NCCc2cccs2)c1N. The number of H-pyrrole nitrogens is 1. The number of amides is 1.